The van der Waals surface area contributed by atoms with Crippen LogP contribution in [0.25, 0.3) is 0 Å². The van der Waals surface area contributed by atoms with Crippen LogP contribution in [0.1, 0.15) is 11.1 Å². The van der Waals surface area contributed by atoms with Crippen LogP contribution in [0, 0.1) is 5.82 Å². The summed E-state index contributed by atoms with van der Waals surface area (Å²) in [5.41, 5.74) is 3.68. The molecule has 3 rings (SSSR count). The number of nitrogens with zero attached hydrogens (tertiary/aromatic N) is 3. The van der Waals surface area contributed by atoms with Crippen LogP contribution < -0.4 is 5.43 Å². The molecule has 8 heteroatoms. The summed E-state index contributed by atoms with van der Waals surface area (Å²) in [5.74, 6) is -0.733. The fourth-order valence-corrected chi connectivity index (χ4v) is 3.42. The number of amides is 1. The van der Waals surface area contributed by atoms with Gasteiger partial charge in [-0.3, -0.25) is 14.6 Å². The van der Waals surface area contributed by atoms with Crippen molar-refractivity contribution in [2.75, 3.05) is 32.7 Å². The van der Waals surface area contributed by atoms with E-state index in [1.165, 1.54) is 18.3 Å². The molecule has 0 aliphatic carbocycles. The summed E-state index contributed by atoms with van der Waals surface area (Å²) in [6.45, 7) is 4.30. The van der Waals surface area contributed by atoms with Crippen molar-refractivity contribution >= 4 is 35.3 Å². The minimum absolute atomic E-state index is 0.151. The van der Waals surface area contributed by atoms with Crippen molar-refractivity contribution in [3.63, 3.8) is 0 Å². The molecule has 0 atom stereocenters. The third-order valence-corrected chi connectivity index (χ3v) is 5.26. The highest BCUT2D eigenvalue weighted by atomic mass is 35.5. The van der Waals surface area contributed by atoms with E-state index in [9.17, 15) is 9.18 Å². The number of hydrogen-bond acceptors (Lipinski definition) is 4. The molecule has 1 aliphatic rings. The summed E-state index contributed by atoms with van der Waals surface area (Å²) in [6, 6.07) is 12.2. The third kappa shape index (κ3) is 5.75. The fraction of sp³-hybridized carbons (Fsp3) is 0.300. The number of carbonyl (C=O) groups is 1. The van der Waals surface area contributed by atoms with Crippen molar-refractivity contribution < 1.29 is 9.18 Å². The van der Waals surface area contributed by atoms with Gasteiger partial charge in [0.25, 0.3) is 5.91 Å². The molecule has 0 spiro atoms. The topological polar surface area (TPSA) is 47.9 Å². The van der Waals surface area contributed by atoms with Crippen molar-refractivity contribution in [1.82, 2.24) is 15.2 Å². The van der Waals surface area contributed by atoms with Gasteiger partial charge >= 0.3 is 0 Å². The Labute approximate surface area is 173 Å². The largest absolute Gasteiger partial charge is 0.296 e. The lowest BCUT2D eigenvalue weighted by Gasteiger charge is -2.34. The van der Waals surface area contributed by atoms with Crippen LogP contribution >= 0.6 is 23.2 Å². The van der Waals surface area contributed by atoms with Crippen molar-refractivity contribution in [3.05, 3.63) is 69.5 Å². The van der Waals surface area contributed by atoms with Crippen molar-refractivity contribution in [2.45, 2.75) is 6.54 Å². The lowest BCUT2D eigenvalue weighted by atomic mass is 10.2. The lowest BCUT2D eigenvalue weighted by molar-refractivity contribution is -0.122. The second-order valence-electron chi connectivity index (χ2n) is 6.57. The number of benzene rings is 2. The average molecular weight is 423 g/mol. The Balaban J connectivity index is 1.42. The first kappa shape index (κ1) is 20.7. The summed E-state index contributed by atoms with van der Waals surface area (Å²) >= 11 is 12.1. The van der Waals surface area contributed by atoms with Crippen LogP contribution in [-0.4, -0.2) is 54.6 Å². The first-order chi connectivity index (χ1) is 13.5. The van der Waals surface area contributed by atoms with Crippen LogP contribution in [0.5, 0.6) is 0 Å². The van der Waals surface area contributed by atoms with Gasteiger partial charge in [-0.25, -0.2) is 9.82 Å². The first-order valence-electron chi connectivity index (χ1n) is 8.97. The quantitative estimate of drug-likeness (QED) is 0.573. The van der Waals surface area contributed by atoms with E-state index in [0.29, 0.717) is 0 Å². The number of halogens is 3. The molecular formula is C20H21Cl2FN4O. The zero-order valence-corrected chi connectivity index (χ0v) is 16.8. The molecule has 0 radical (unpaired) electrons. The number of carbonyl (C=O) groups excluding carboxylic acids is 1. The second-order valence-corrected chi connectivity index (χ2v) is 7.39. The van der Waals surface area contributed by atoms with Gasteiger partial charge in [-0.15, -0.1) is 0 Å². The van der Waals surface area contributed by atoms with Gasteiger partial charge in [0, 0.05) is 43.3 Å². The Morgan fingerprint density at radius 1 is 1.04 bits per heavy atom. The van der Waals surface area contributed by atoms with E-state index in [1.54, 1.807) is 6.07 Å². The summed E-state index contributed by atoms with van der Waals surface area (Å²) in [4.78, 5) is 16.4. The molecule has 1 fully saturated rings. The van der Waals surface area contributed by atoms with Gasteiger partial charge in [0.15, 0.2) is 0 Å². The van der Waals surface area contributed by atoms with Gasteiger partial charge in [-0.1, -0.05) is 47.5 Å². The maximum Gasteiger partial charge on any atom is 0.254 e. The molecule has 2 aromatic carbocycles. The maximum atomic E-state index is 13.7. The summed E-state index contributed by atoms with van der Waals surface area (Å²) in [6.07, 6.45) is 1.22. The lowest BCUT2D eigenvalue weighted by Crippen LogP contribution is -2.48. The highest BCUT2D eigenvalue weighted by Gasteiger charge is 2.19. The van der Waals surface area contributed by atoms with E-state index < -0.39 is 5.82 Å². The van der Waals surface area contributed by atoms with E-state index >= 15 is 0 Å². The third-order valence-electron chi connectivity index (χ3n) is 4.57. The van der Waals surface area contributed by atoms with Crippen LogP contribution in [0.2, 0.25) is 10.0 Å². The standard InChI is InChI=1S/C20H21Cl2FN4O/c21-17-5-2-1-4-15(17)13-26-8-10-27(11-9-26)14-20(28)25-24-12-16-18(22)6-3-7-19(16)23/h1-7,12H,8-11,13-14H2,(H,25,28). The summed E-state index contributed by atoms with van der Waals surface area (Å²) in [5, 5.41) is 4.83. The van der Waals surface area contributed by atoms with Gasteiger partial charge in [-0.2, -0.15) is 5.10 Å². The average Bonchev–Trinajstić information content (AvgIpc) is 2.67. The Hall–Kier alpha value is -1.99. The smallest absolute Gasteiger partial charge is 0.254 e. The monoisotopic (exact) mass is 422 g/mol. The molecule has 148 valence electrons. The molecule has 0 unspecified atom stereocenters. The predicted octanol–water partition coefficient (Wildman–Crippen LogP) is 3.40. The van der Waals surface area contributed by atoms with Gasteiger partial charge in [0.2, 0.25) is 0 Å². The molecule has 2 aromatic rings. The van der Waals surface area contributed by atoms with Crippen LogP contribution in [-0.2, 0) is 11.3 Å². The Kier molecular flexibility index (Phi) is 7.39. The molecule has 28 heavy (non-hydrogen) atoms. The van der Waals surface area contributed by atoms with E-state index in [2.05, 4.69) is 20.3 Å². The molecule has 5 nitrogen and oxygen atoms in total. The van der Waals surface area contributed by atoms with Gasteiger partial charge in [0.1, 0.15) is 5.82 Å². The SMILES string of the molecule is O=C(CN1CCN(Cc2ccccc2Cl)CC1)NN=Cc1c(F)cccc1Cl. The minimum atomic E-state index is -0.486. The van der Waals surface area contributed by atoms with E-state index in [-0.39, 0.29) is 23.0 Å². The molecule has 1 aliphatic heterocycles. The number of nitrogens with one attached hydrogen (secondary N) is 1. The Bertz CT molecular complexity index is 834. The highest BCUT2D eigenvalue weighted by molar-refractivity contribution is 6.33. The maximum absolute atomic E-state index is 13.7. The van der Waals surface area contributed by atoms with Gasteiger partial charge in [-0.05, 0) is 23.8 Å². The van der Waals surface area contributed by atoms with Crippen molar-refractivity contribution in [3.8, 4) is 0 Å². The number of hydrazone groups is 1. The zero-order chi connectivity index (χ0) is 19.9. The van der Waals surface area contributed by atoms with Crippen LogP contribution in [0.4, 0.5) is 4.39 Å². The van der Waals surface area contributed by atoms with Crippen LogP contribution in [0.3, 0.4) is 0 Å². The second kappa shape index (κ2) is 9.98. The fourth-order valence-electron chi connectivity index (χ4n) is 3.01. The first-order valence-corrected chi connectivity index (χ1v) is 9.72. The number of hydrogen-bond donors (Lipinski definition) is 1. The predicted molar refractivity (Wildman–Crippen MR) is 110 cm³/mol. The zero-order valence-electron chi connectivity index (χ0n) is 15.2. The number of rotatable bonds is 6. The van der Waals surface area contributed by atoms with Crippen molar-refractivity contribution in [1.29, 1.82) is 0 Å². The molecule has 1 saturated heterocycles. The Morgan fingerprint density at radius 2 is 1.71 bits per heavy atom. The van der Waals surface area contributed by atoms with Crippen LogP contribution in [0.15, 0.2) is 47.6 Å². The van der Waals surface area contributed by atoms with Gasteiger partial charge < -0.3 is 0 Å². The number of piperazine rings is 1. The Morgan fingerprint density at radius 3 is 2.43 bits per heavy atom. The molecule has 0 saturated carbocycles. The van der Waals surface area contributed by atoms with E-state index in [4.69, 9.17) is 23.2 Å². The highest BCUT2D eigenvalue weighted by Crippen LogP contribution is 2.18. The minimum Gasteiger partial charge on any atom is -0.296 e. The summed E-state index contributed by atoms with van der Waals surface area (Å²) in [7, 11) is 0. The molecule has 1 N–H and O–H groups in total. The molecule has 1 amide bonds. The molecular weight excluding hydrogens is 402 g/mol. The van der Waals surface area contributed by atoms with Gasteiger partial charge in [0.05, 0.1) is 17.8 Å². The molecule has 1 heterocycles. The summed E-state index contributed by atoms with van der Waals surface area (Å²) < 4.78 is 13.7. The van der Waals surface area contributed by atoms with E-state index in [0.717, 1.165) is 43.3 Å². The van der Waals surface area contributed by atoms with E-state index in [1.807, 2.05) is 24.3 Å². The van der Waals surface area contributed by atoms with Crippen molar-refractivity contribution in [2.24, 2.45) is 5.10 Å². The molecule has 0 bridgehead atoms. The molecule has 0 aromatic heterocycles. The normalized spacial score (nSPS) is 15.8.